The van der Waals surface area contributed by atoms with Crippen LogP contribution in [0.15, 0.2) is 36.5 Å². The minimum atomic E-state index is -0.243. The van der Waals surface area contributed by atoms with E-state index in [1.807, 2.05) is 33.7 Å². The molecule has 1 aliphatic rings. The monoisotopic (exact) mass is 482 g/mol. The number of rotatable bonds is 9. The Kier molecular flexibility index (Phi) is 7.48. The molecular weight excluding hydrogens is 452 g/mol. The van der Waals surface area contributed by atoms with E-state index >= 15 is 0 Å². The highest BCUT2D eigenvalue weighted by atomic mass is 16.5. The maximum absolute atomic E-state index is 12.3. The molecule has 12 heteroatoms. The van der Waals surface area contributed by atoms with E-state index in [9.17, 15) is 9.59 Å². The van der Waals surface area contributed by atoms with Crippen LogP contribution in [0.1, 0.15) is 30.2 Å². The third-order valence-electron chi connectivity index (χ3n) is 5.93. The van der Waals surface area contributed by atoms with Gasteiger partial charge in [-0.25, -0.2) is 0 Å². The number of aromatic amines is 1. The molecule has 1 aromatic carbocycles. The van der Waals surface area contributed by atoms with Gasteiger partial charge in [0.1, 0.15) is 12.3 Å². The second kappa shape index (κ2) is 10.9. The highest BCUT2D eigenvalue weighted by Gasteiger charge is 2.29. The number of H-pyrrole nitrogens is 1. The first-order valence-electron chi connectivity index (χ1n) is 11.5. The van der Waals surface area contributed by atoms with Crippen molar-refractivity contribution in [2.24, 2.45) is 0 Å². The third kappa shape index (κ3) is 5.53. The fraction of sp³-hybridized carbons (Fsp3) is 0.435. The van der Waals surface area contributed by atoms with Crippen LogP contribution in [0.5, 0.6) is 11.5 Å². The molecule has 186 valence electrons. The van der Waals surface area contributed by atoms with Crippen LogP contribution >= 0.6 is 0 Å². The van der Waals surface area contributed by atoms with E-state index in [1.54, 1.807) is 20.1 Å². The molecule has 0 bridgehead atoms. The van der Waals surface area contributed by atoms with Crippen LogP contribution in [0.2, 0.25) is 0 Å². The number of nitrogens with zero attached hydrogens (tertiary/aromatic N) is 6. The van der Waals surface area contributed by atoms with Gasteiger partial charge in [-0.05, 0) is 25.1 Å². The largest absolute Gasteiger partial charge is 0.493 e. The highest BCUT2D eigenvalue weighted by molar-refractivity contribution is 5.92. The second-order valence-electron chi connectivity index (χ2n) is 8.24. The van der Waals surface area contributed by atoms with Crippen LogP contribution in [-0.4, -0.2) is 81.0 Å². The van der Waals surface area contributed by atoms with E-state index in [-0.39, 0.29) is 24.5 Å². The summed E-state index contributed by atoms with van der Waals surface area (Å²) in [5, 5.41) is 18.2. The molecule has 12 nitrogen and oxygen atoms in total. The molecule has 1 aliphatic heterocycles. The number of ether oxygens (including phenoxy) is 2. The number of carbonyl (C=O) groups excluding carboxylic acids is 2. The molecule has 3 aromatic rings. The molecule has 2 amide bonds. The van der Waals surface area contributed by atoms with Crippen LogP contribution in [0, 0.1) is 0 Å². The zero-order valence-electron chi connectivity index (χ0n) is 20.1. The number of amides is 2. The first kappa shape index (κ1) is 24.0. The summed E-state index contributed by atoms with van der Waals surface area (Å²) in [5.41, 5.74) is 0.391. The SMILES string of the molecule is COc1ccccc1OCc1nnc(N2CCN(C(C)=O)C[C@H]2C)n1CCNC(=O)c1ccn[nH]1. The molecule has 3 heterocycles. The number of methoxy groups -OCH3 is 1. The zero-order chi connectivity index (χ0) is 24.8. The number of carbonyl (C=O) groups is 2. The molecule has 2 N–H and O–H groups in total. The first-order chi connectivity index (χ1) is 17.0. The fourth-order valence-corrected chi connectivity index (χ4v) is 4.05. The van der Waals surface area contributed by atoms with Gasteiger partial charge in [0.25, 0.3) is 5.91 Å². The minimum absolute atomic E-state index is 0.0539. The predicted octanol–water partition coefficient (Wildman–Crippen LogP) is 1.08. The first-order valence-corrected chi connectivity index (χ1v) is 11.5. The van der Waals surface area contributed by atoms with Crippen molar-refractivity contribution in [3.63, 3.8) is 0 Å². The number of anilines is 1. The van der Waals surface area contributed by atoms with Gasteiger partial charge in [0.15, 0.2) is 17.3 Å². The Balaban J connectivity index is 1.52. The molecule has 0 spiro atoms. The van der Waals surface area contributed by atoms with Crippen molar-refractivity contribution in [3.8, 4) is 11.5 Å². The average molecular weight is 483 g/mol. The molecule has 1 atom stereocenters. The van der Waals surface area contributed by atoms with Gasteiger partial charge in [0.05, 0.1) is 7.11 Å². The van der Waals surface area contributed by atoms with Crippen LogP contribution in [-0.2, 0) is 17.9 Å². The lowest BCUT2D eigenvalue weighted by Gasteiger charge is -2.40. The van der Waals surface area contributed by atoms with Gasteiger partial charge in [-0.15, -0.1) is 10.2 Å². The maximum atomic E-state index is 12.3. The van der Waals surface area contributed by atoms with Crippen molar-refractivity contribution >= 4 is 17.8 Å². The van der Waals surface area contributed by atoms with Crippen molar-refractivity contribution in [2.45, 2.75) is 33.0 Å². The van der Waals surface area contributed by atoms with E-state index in [0.717, 1.165) is 0 Å². The number of hydrogen-bond acceptors (Lipinski definition) is 8. The number of para-hydroxylation sites is 2. The second-order valence-corrected chi connectivity index (χ2v) is 8.24. The average Bonchev–Trinajstić information content (AvgIpc) is 3.53. The molecule has 0 saturated carbocycles. The molecule has 1 saturated heterocycles. The summed E-state index contributed by atoms with van der Waals surface area (Å²) < 4.78 is 13.3. The van der Waals surface area contributed by atoms with Crippen molar-refractivity contribution in [2.75, 3.05) is 38.2 Å². The summed E-state index contributed by atoms with van der Waals surface area (Å²) >= 11 is 0. The number of aromatic nitrogens is 5. The Labute approximate surface area is 203 Å². The maximum Gasteiger partial charge on any atom is 0.269 e. The smallest absolute Gasteiger partial charge is 0.269 e. The highest BCUT2D eigenvalue weighted by Crippen LogP contribution is 2.27. The van der Waals surface area contributed by atoms with Crippen molar-refractivity contribution in [3.05, 3.63) is 48.0 Å². The van der Waals surface area contributed by atoms with Gasteiger partial charge in [-0.1, -0.05) is 12.1 Å². The number of piperazine rings is 1. The molecule has 0 aliphatic carbocycles. The lowest BCUT2D eigenvalue weighted by atomic mass is 10.2. The van der Waals surface area contributed by atoms with Crippen LogP contribution in [0.25, 0.3) is 0 Å². The van der Waals surface area contributed by atoms with Gasteiger partial charge in [-0.2, -0.15) is 5.10 Å². The molecule has 1 fully saturated rings. The Bertz CT molecular complexity index is 1150. The summed E-state index contributed by atoms with van der Waals surface area (Å²) in [5.74, 6) is 2.33. The van der Waals surface area contributed by atoms with Gasteiger partial charge in [-0.3, -0.25) is 19.3 Å². The van der Waals surface area contributed by atoms with E-state index in [0.29, 0.717) is 61.7 Å². The quantitative estimate of drug-likeness (QED) is 0.463. The molecule has 2 aromatic heterocycles. The molecule has 0 unspecified atom stereocenters. The molecule has 4 rings (SSSR count). The number of benzene rings is 1. The predicted molar refractivity (Wildman–Crippen MR) is 127 cm³/mol. The standard InChI is InChI=1S/C23H30N8O4/c1-16-14-29(17(2)32)12-13-30(16)23-28-27-21(15-35-20-7-5-4-6-19(20)34-3)31(23)11-10-24-22(33)18-8-9-25-26-18/h4-9,16H,10-15H2,1-3H3,(H,24,33)(H,25,26)/t16-/m1/s1. The summed E-state index contributed by atoms with van der Waals surface area (Å²) in [4.78, 5) is 28.1. The molecule has 35 heavy (non-hydrogen) atoms. The number of nitrogens with one attached hydrogen (secondary N) is 2. The van der Waals surface area contributed by atoms with Crippen LogP contribution in [0.3, 0.4) is 0 Å². The van der Waals surface area contributed by atoms with E-state index < -0.39 is 0 Å². The topological polar surface area (TPSA) is 130 Å². The van der Waals surface area contributed by atoms with Gasteiger partial charge in [0, 0.05) is 51.9 Å². The summed E-state index contributed by atoms with van der Waals surface area (Å²) in [7, 11) is 1.59. The lowest BCUT2D eigenvalue weighted by molar-refractivity contribution is -0.129. The molecule has 0 radical (unpaired) electrons. The van der Waals surface area contributed by atoms with Crippen LogP contribution < -0.4 is 19.7 Å². The fourth-order valence-electron chi connectivity index (χ4n) is 4.05. The third-order valence-corrected chi connectivity index (χ3v) is 5.93. The Hall–Kier alpha value is -4.09. The summed E-state index contributed by atoms with van der Waals surface area (Å²) in [6.07, 6.45) is 1.53. The summed E-state index contributed by atoms with van der Waals surface area (Å²) in [6, 6.07) is 9.06. The normalized spacial score (nSPS) is 15.7. The number of hydrogen-bond donors (Lipinski definition) is 2. The van der Waals surface area contributed by atoms with E-state index in [1.165, 1.54) is 6.20 Å². The zero-order valence-corrected chi connectivity index (χ0v) is 20.1. The van der Waals surface area contributed by atoms with Crippen molar-refractivity contribution < 1.29 is 19.1 Å². The van der Waals surface area contributed by atoms with E-state index in [4.69, 9.17) is 9.47 Å². The Morgan fingerprint density at radius 1 is 1.17 bits per heavy atom. The van der Waals surface area contributed by atoms with E-state index in [2.05, 4.69) is 37.5 Å². The van der Waals surface area contributed by atoms with Gasteiger partial charge in [0.2, 0.25) is 11.9 Å². The van der Waals surface area contributed by atoms with Crippen molar-refractivity contribution in [1.29, 1.82) is 0 Å². The summed E-state index contributed by atoms with van der Waals surface area (Å²) in [6.45, 7) is 6.44. The van der Waals surface area contributed by atoms with Gasteiger partial charge >= 0.3 is 0 Å². The molecular formula is C23H30N8O4. The van der Waals surface area contributed by atoms with Gasteiger partial charge < -0.3 is 24.6 Å². The van der Waals surface area contributed by atoms with Crippen molar-refractivity contribution in [1.82, 2.24) is 35.2 Å². The minimum Gasteiger partial charge on any atom is -0.493 e. The Morgan fingerprint density at radius 3 is 2.66 bits per heavy atom. The lowest BCUT2D eigenvalue weighted by Crippen LogP contribution is -2.54. The van der Waals surface area contributed by atoms with Crippen LogP contribution in [0.4, 0.5) is 5.95 Å². The Morgan fingerprint density at radius 2 is 1.97 bits per heavy atom.